The van der Waals surface area contributed by atoms with Crippen LogP contribution in [-0.2, 0) is 16.1 Å². The summed E-state index contributed by atoms with van der Waals surface area (Å²) in [4.78, 5) is 39.4. The van der Waals surface area contributed by atoms with Crippen molar-refractivity contribution in [3.8, 4) is 17.2 Å². The molecule has 0 aromatic heterocycles. The van der Waals surface area contributed by atoms with Gasteiger partial charge in [0.1, 0.15) is 5.75 Å². The molecule has 3 amide bonds. The smallest absolute Gasteiger partial charge is 0.293 e. The van der Waals surface area contributed by atoms with Crippen LogP contribution in [0, 0.1) is 0 Å². The van der Waals surface area contributed by atoms with Crippen LogP contribution in [0.4, 0.5) is 10.5 Å². The zero-order chi connectivity index (χ0) is 27.1. The largest absolute Gasteiger partial charge is 0.493 e. The van der Waals surface area contributed by atoms with Crippen molar-refractivity contribution in [3.05, 3.63) is 87.2 Å². The maximum atomic E-state index is 12.9. The van der Waals surface area contributed by atoms with E-state index in [4.69, 9.17) is 14.2 Å². The van der Waals surface area contributed by atoms with Gasteiger partial charge in [0.15, 0.2) is 18.1 Å². The van der Waals surface area contributed by atoms with Crippen LogP contribution in [0.1, 0.15) is 18.1 Å². The first-order chi connectivity index (χ1) is 18.4. The van der Waals surface area contributed by atoms with Crippen LogP contribution in [0.3, 0.4) is 0 Å². The first kappa shape index (κ1) is 27.3. The number of para-hydroxylation sites is 2. The molecule has 3 aromatic rings. The third kappa shape index (κ3) is 6.76. The predicted molar refractivity (Wildman–Crippen MR) is 150 cm³/mol. The Kier molecular flexibility index (Phi) is 9.09. The average molecular weight is 597 g/mol. The molecule has 1 saturated heterocycles. The predicted octanol–water partition coefficient (Wildman–Crippen LogP) is 6.11. The highest BCUT2D eigenvalue weighted by molar-refractivity contribution is 9.10. The van der Waals surface area contributed by atoms with Crippen LogP contribution in [-0.4, -0.2) is 42.3 Å². The summed E-state index contributed by atoms with van der Waals surface area (Å²) in [6, 6.07) is 19.7. The minimum Gasteiger partial charge on any atom is -0.493 e. The van der Waals surface area contributed by atoms with E-state index < -0.39 is 0 Å². The maximum Gasteiger partial charge on any atom is 0.293 e. The molecule has 0 radical (unpaired) electrons. The van der Waals surface area contributed by atoms with Crippen LogP contribution < -0.4 is 19.5 Å². The number of amides is 3. The van der Waals surface area contributed by atoms with E-state index in [-0.39, 0.29) is 30.2 Å². The highest BCUT2D eigenvalue weighted by Crippen LogP contribution is 2.35. The number of hydrogen-bond acceptors (Lipinski definition) is 7. The van der Waals surface area contributed by atoms with Gasteiger partial charge in [-0.05, 0) is 72.3 Å². The van der Waals surface area contributed by atoms with E-state index in [2.05, 4.69) is 21.2 Å². The van der Waals surface area contributed by atoms with Crippen molar-refractivity contribution in [1.29, 1.82) is 0 Å². The number of methoxy groups -OCH3 is 1. The number of rotatable bonds is 10. The minimum atomic E-state index is -0.359. The molecule has 0 atom stereocenters. The van der Waals surface area contributed by atoms with Crippen LogP contribution in [0.5, 0.6) is 17.2 Å². The topological polar surface area (TPSA) is 94.2 Å². The number of nitrogens with one attached hydrogen (secondary N) is 1. The van der Waals surface area contributed by atoms with Crippen molar-refractivity contribution in [1.82, 2.24) is 4.90 Å². The number of nitrogens with zero attached hydrogens (tertiary/aromatic N) is 1. The zero-order valence-corrected chi connectivity index (χ0v) is 23.1. The van der Waals surface area contributed by atoms with E-state index in [0.29, 0.717) is 40.0 Å². The van der Waals surface area contributed by atoms with Gasteiger partial charge in [-0.1, -0.05) is 46.3 Å². The molecule has 38 heavy (non-hydrogen) atoms. The Hall–Kier alpha value is -3.76. The van der Waals surface area contributed by atoms with Gasteiger partial charge in [-0.25, -0.2) is 0 Å². The molecule has 1 heterocycles. The molecular weight excluding hydrogens is 572 g/mol. The fourth-order valence-corrected chi connectivity index (χ4v) is 4.96. The third-order valence-electron chi connectivity index (χ3n) is 5.41. The fraction of sp³-hybridized carbons (Fsp3) is 0.179. The van der Waals surface area contributed by atoms with Crippen molar-refractivity contribution in [2.75, 3.05) is 25.6 Å². The first-order valence-electron chi connectivity index (χ1n) is 11.7. The summed E-state index contributed by atoms with van der Waals surface area (Å²) >= 11 is 4.29. The van der Waals surface area contributed by atoms with Crippen molar-refractivity contribution >= 4 is 56.5 Å². The standard InChI is InChI=1S/C28H25BrN2O6S/c1-3-36-22-10-5-4-9-21(22)30-26(32)17-37-23-12-11-18(14-24(23)35-2)15-25-27(33)31(28(34)38-25)16-19-7-6-8-20(29)13-19/h4-15H,3,16-17H2,1-2H3,(H,30,32)/b25-15+. The lowest BCUT2D eigenvalue weighted by Gasteiger charge is -2.13. The zero-order valence-electron chi connectivity index (χ0n) is 20.7. The lowest BCUT2D eigenvalue weighted by Crippen LogP contribution is -2.27. The Bertz CT molecular complexity index is 1390. The summed E-state index contributed by atoms with van der Waals surface area (Å²) in [5, 5.41) is 2.45. The number of carbonyl (C=O) groups is 3. The molecule has 3 aromatic carbocycles. The quantitative estimate of drug-likeness (QED) is 0.282. The molecule has 10 heteroatoms. The lowest BCUT2D eigenvalue weighted by atomic mass is 10.1. The van der Waals surface area contributed by atoms with E-state index in [1.54, 1.807) is 42.5 Å². The number of carbonyl (C=O) groups excluding carboxylic acids is 3. The second-order valence-corrected chi connectivity index (χ2v) is 9.98. The van der Waals surface area contributed by atoms with Crippen molar-refractivity contribution in [2.24, 2.45) is 0 Å². The molecule has 196 valence electrons. The van der Waals surface area contributed by atoms with Crippen LogP contribution in [0.15, 0.2) is 76.1 Å². The Morgan fingerprint density at radius 3 is 2.58 bits per heavy atom. The average Bonchev–Trinajstić information content (AvgIpc) is 3.16. The van der Waals surface area contributed by atoms with Crippen LogP contribution in [0.2, 0.25) is 0 Å². The van der Waals surface area contributed by atoms with Gasteiger partial charge in [-0.15, -0.1) is 0 Å². The van der Waals surface area contributed by atoms with E-state index in [9.17, 15) is 14.4 Å². The molecule has 1 fully saturated rings. The Morgan fingerprint density at radius 2 is 1.82 bits per heavy atom. The number of anilines is 1. The number of benzene rings is 3. The van der Waals surface area contributed by atoms with Gasteiger partial charge >= 0.3 is 0 Å². The monoisotopic (exact) mass is 596 g/mol. The lowest BCUT2D eigenvalue weighted by molar-refractivity contribution is -0.123. The SMILES string of the molecule is CCOc1ccccc1NC(=O)COc1ccc(/C=C2/SC(=O)N(Cc3cccc(Br)c3)C2=O)cc1OC. The molecule has 0 bridgehead atoms. The van der Waals surface area contributed by atoms with Gasteiger partial charge in [0.2, 0.25) is 0 Å². The normalized spacial score (nSPS) is 14.1. The summed E-state index contributed by atoms with van der Waals surface area (Å²) in [6.45, 7) is 2.29. The number of thioether (sulfide) groups is 1. The summed E-state index contributed by atoms with van der Waals surface area (Å²) in [5.41, 5.74) is 2.05. The molecule has 8 nitrogen and oxygen atoms in total. The van der Waals surface area contributed by atoms with E-state index in [0.717, 1.165) is 21.8 Å². The maximum absolute atomic E-state index is 12.9. The summed E-state index contributed by atoms with van der Waals surface area (Å²) in [5.74, 6) is 0.604. The van der Waals surface area contributed by atoms with Gasteiger partial charge in [-0.2, -0.15) is 0 Å². The Morgan fingerprint density at radius 1 is 1.00 bits per heavy atom. The van der Waals surface area contributed by atoms with E-state index in [1.165, 1.54) is 12.0 Å². The number of hydrogen-bond donors (Lipinski definition) is 1. The number of halogens is 1. The Balaban J connectivity index is 1.41. The first-order valence-corrected chi connectivity index (χ1v) is 13.3. The molecule has 1 aliphatic rings. The molecule has 0 aliphatic carbocycles. The molecule has 4 rings (SSSR count). The van der Waals surface area contributed by atoms with E-state index in [1.807, 2.05) is 37.3 Å². The van der Waals surface area contributed by atoms with Crippen LogP contribution in [0.25, 0.3) is 6.08 Å². The fourth-order valence-electron chi connectivity index (χ4n) is 3.68. The van der Waals surface area contributed by atoms with Gasteiger partial charge < -0.3 is 19.5 Å². The molecular formula is C28H25BrN2O6S. The third-order valence-corrected chi connectivity index (χ3v) is 6.81. The van der Waals surface area contributed by atoms with E-state index >= 15 is 0 Å². The van der Waals surface area contributed by atoms with Crippen molar-refractivity contribution < 1.29 is 28.6 Å². The van der Waals surface area contributed by atoms with Gasteiger partial charge in [0.25, 0.3) is 17.1 Å². The molecule has 1 N–H and O–H groups in total. The molecule has 0 unspecified atom stereocenters. The highest BCUT2D eigenvalue weighted by Gasteiger charge is 2.35. The van der Waals surface area contributed by atoms with Gasteiger partial charge in [0, 0.05) is 4.47 Å². The van der Waals surface area contributed by atoms with Crippen molar-refractivity contribution in [3.63, 3.8) is 0 Å². The van der Waals surface area contributed by atoms with Gasteiger partial charge in [0.05, 0.1) is 30.9 Å². The Labute approximate surface area is 233 Å². The van der Waals surface area contributed by atoms with Gasteiger partial charge in [-0.3, -0.25) is 19.3 Å². The molecule has 0 saturated carbocycles. The summed E-state index contributed by atoms with van der Waals surface area (Å²) in [6.07, 6.45) is 1.63. The van der Waals surface area contributed by atoms with Crippen LogP contribution >= 0.6 is 27.7 Å². The molecule has 0 spiro atoms. The second kappa shape index (κ2) is 12.7. The highest BCUT2D eigenvalue weighted by atomic mass is 79.9. The minimum absolute atomic E-state index is 0.189. The number of imide groups is 1. The number of ether oxygens (including phenoxy) is 3. The second-order valence-electron chi connectivity index (χ2n) is 8.07. The summed E-state index contributed by atoms with van der Waals surface area (Å²) in [7, 11) is 1.48. The summed E-state index contributed by atoms with van der Waals surface area (Å²) < 4.78 is 17.5. The van der Waals surface area contributed by atoms with Crippen molar-refractivity contribution in [2.45, 2.75) is 13.5 Å². The molecule has 1 aliphatic heterocycles.